The molecule has 0 heterocycles. The molecule has 9 nitrogen and oxygen atoms in total. The fourth-order valence-corrected chi connectivity index (χ4v) is 4.17. The molecule has 200 valence electrons. The Bertz CT molecular complexity index is 957. The molecule has 2 rings (SSSR count). The van der Waals surface area contributed by atoms with Crippen LogP contribution in [0.25, 0.3) is 0 Å². The van der Waals surface area contributed by atoms with E-state index in [1.807, 2.05) is 38.3 Å². The number of hydrogen-bond donors (Lipinski definition) is 2. The standard InChI is InChI=1S/C26H39N3O6S/c1-16-8-9-18(14-17(16)2)22(23(31)27-15-21(30)34-6)29(19-10-11-19)24(32)20(12-13-36-7)28-25(33)35-26(3,4)5/h8-9,14,19-20,22H,10-13,15H2,1-7H3,(H,27,31)(H,28,33). The molecule has 1 aromatic rings. The van der Waals surface area contributed by atoms with Crippen molar-refractivity contribution < 1.29 is 28.7 Å². The molecule has 1 fully saturated rings. The highest BCUT2D eigenvalue weighted by molar-refractivity contribution is 7.98. The molecule has 1 aliphatic rings. The zero-order valence-electron chi connectivity index (χ0n) is 22.3. The third-order valence-corrected chi connectivity index (χ3v) is 6.45. The van der Waals surface area contributed by atoms with E-state index in [2.05, 4.69) is 15.4 Å². The SMILES string of the molecule is COC(=O)CNC(=O)C(c1ccc(C)c(C)c1)N(C(=O)C(CCSC)NC(=O)OC(C)(C)C)C1CC1. The normalized spacial score (nSPS) is 14.9. The van der Waals surface area contributed by atoms with Crippen LogP contribution in [0.2, 0.25) is 0 Å². The third kappa shape index (κ3) is 8.72. The Hall–Kier alpha value is -2.75. The minimum atomic E-state index is -0.967. The number of nitrogens with one attached hydrogen (secondary N) is 2. The van der Waals surface area contributed by atoms with Crippen molar-refractivity contribution in [3.63, 3.8) is 0 Å². The fourth-order valence-electron chi connectivity index (χ4n) is 3.69. The summed E-state index contributed by atoms with van der Waals surface area (Å²) in [5, 5.41) is 5.34. The second-order valence-electron chi connectivity index (χ2n) is 10.00. The van der Waals surface area contributed by atoms with Crippen LogP contribution in [0.15, 0.2) is 18.2 Å². The Labute approximate surface area is 218 Å². The van der Waals surface area contributed by atoms with Gasteiger partial charge in [-0.15, -0.1) is 0 Å². The van der Waals surface area contributed by atoms with E-state index in [0.29, 0.717) is 17.7 Å². The summed E-state index contributed by atoms with van der Waals surface area (Å²) >= 11 is 1.56. The van der Waals surface area contributed by atoms with Crippen LogP contribution in [-0.2, 0) is 23.9 Å². The first-order valence-electron chi connectivity index (χ1n) is 12.1. The lowest BCUT2D eigenvalue weighted by atomic mass is 9.98. The van der Waals surface area contributed by atoms with Gasteiger partial charge in [-0.25, -0.2) is 4.79 Å². The number of carbonyl (C=O) groups is 4. The summed E-state index contributed by atoms with van der Waals surface area (Å²) in [6.07, 6.45) is 3.12. The predicted octanol–water partition coefficient (Wildman–Crippen LogP) is 3.27. The third-order valence-electron chi connectivity index (χ3n) is 5.80. The molecule has 3 amide bonds. The summed E-state index contributed by atoms with van der Waals surface area (Å²) < 4.78 is 10.1. The number of benzene rings is 1. The van der Waals surface area contributed by atoms with Crippen LogP contribution in [0.1, 0.15) is 62.8 Å². The Balaban J connectivity index is 2.44. The van der Waals surface area contributed by atoms with Gasteiger partial charge in [0.25, 0.3) is 0 Å². The van der Waals surface area contributed by atoms with E-state index in [1.165, 1.54) is 7.11 Å². The zero-order chi connectivity index (χ0) is 27.0. The van der Waals surface area contributed by atoms with E-state index >= 15 is 0 Å². The average molecular weight is 522 g/mol. The van der Waals surface area contributed by atoms with Crippen molar-refractivity contribution in [2.24, 2.45) is 0 Å². The molecule has 0 spiro atoms. The van der Waals surface area contributed by atoms with Crippen LogP contribution >= 0.6 is 11.8 Å². The molecule has 2 atom stereocenters. The number of rotatable bonds is 11. The van der Waals surface area contributed by atoms with E-state index in [0.717, 1.165) is 24.0 Å². The molecule has 1 aliphatic carbocycles. The van der Waals surface area contributed by atoms with Crippen LogP contribution in [0, 0.1) is 13.8 Å². The van der Waals surface area contributed by atoms with E-state index in [9.17, 15) is 19.2 Å². The molecule has 36 heavy (non-hydrogen) atoms. The fraction of sp³-hybridized carbons (Fsp3) is 0.615. The molecular formula is C26H39N3O6S. The van der Waals surface area contributed by atoms with Crippen molar-refractivity contribution >= 4 is 35.6 Å². The molecule has 0 aliphatic heterocycles. The maximum atomic E-state index is 14.0. The van der Waals surface area contributed by atoms with Crippen LogP contribution < -0.4 is 10.6 Å². The van der Waals surface area contributed by atoms with E-state index in [4.69, 9.17) is 4.74 Å². The van der Waals surface area contributed by atoms with Crippen LogP contribution in [0.5, 0.6) is 0 Å². The zero-order valence-corrected chi connectivity index (χ0v) is 23.1. The van der Waals surface area contributed by atoms with Crippen molar-refractivity contribution in [3.05, 3.63) is 34.9 Å². The van der Waals surface area contributed by atoms with Gasteiger partial charge in [-0.1, -0.05) is 18.2 Å². The second-order valence-corrected chi connectivity index (χ2v) is 11.0. The highest BCUT2D eigenvalue weighted by atomic mass is 32.2. The Morgan fingerprint density at radius 2 is 1.81 bits per heavy atom. The van der Waals surface area contributed by atoms with Crippen molar-refractivity contribution in [3.8, 4) is 0 Å². The average Bonchev–Trinajstić information content (AvgIpc) is 3.63. The lowest BCUT2D eigenvalue weighted by Crippen LogP contribution is -2.54. The number of carbonyl (C=O) groups excluding carboxylic acids is 4. The lowest BCUT2D eigenvalue weighted by Gasteiger charge is -2.35. The van der Waals surface area contributed by atoms with Crippen molar-refractivity contribution in [2.45, 2.75) is 77.6 Å². The number of nitrogens with zero attached hydrogens (tertiary/aromatic N) is 1. The molecular weight excluding hydrogens is 482 g/mol. The first-order valence-corrected chi connectivity index (χ1v) is 13.5. The van der Waals surface area contributed by atoms with E-state index in [1.54, 1.807) is 37.4 Å². The largest absolute Gasteiger partial charge is 0.468 e. The van der Waals surface area contributed by atoms with Crippen LogP contribution in [0.3, 0.4) is 0 Å². The van der Waals surface area contributed by atoms with Gasteiger partial charge in [-0.2, -0.15) is 11.8 Å². The summed E-state index contributed by atoms with van der Waals surface area (Å²) in [5.41, 5.74) is 1.96. The van der Waals surface area contributed by atoms with E-state index < -0.39 is 35.7 Å². The van der Waals surface area contributed by atoms with Gasteiger partial charge >= 0.3 is 12.1 Å². The molecule has 2 unspecified atom stereocenters. The van der Waals surface area contributed by atoms with Gasteiger partial charge in [0.1, 0.15) is 24.2 Å². The maximum absolute atomic E-state index is 14.0. The summed E-state index contributed by atoms with van der Waals surface area (Å²) in [4.78, 5) is 53.3. The van der Waals surface area contributed by atoms with Crippen LogP contribution in [0.4, 0.5) is 4.79 Å². The van der Waals surface area contributed by atoms with Crippen molar-refractivity contribution in [1.29, 1.82) is 0 Å². The molecule has 2 N–H and O–H groups in total. The molecule has 0 saturated heterocycles. The Morgan fingerprint density at radius 3 is 2.33 bits per heavy atom. The van der Waals surface area contributed by atoms with Gasteiger partial charge in [0.15, 0.2) is 0 Å². The smallest absolute Gasteiger partial charge is 0.408 e. The Kier molecular flexibility index (Phi) is 10.6. The second kappa shape index (κ2) is 13.0. The summed E-state index contributed by atoms with van der Waals surface area (Å²) in [7, 11) is 1.24. The minimum Gasteiger partial charge on any atom is -0.468 e. The number of hydrogen-bond acceptors (Lipinski definition) is 7. The van der Waals surface area contributed by atoms with Gasteiger partial charge in [0.2, 0.25) is 11.8 Å². The van der Waals surface area contributed by atoms with Gasteiger partial charge in [0, 0.05) is 6.04 Å². The van der Waals surface area contributed by atoms with Crippen molar-refractivity contribution in [1.82, 2.24) is 15.5 Å². The molecule has 10 heteroatoms. The van der Waals surface area contributed by atoms with Gasteiger partial charge in [0.05, 0.1) is 7.11 Å². The molecule has 0 radical (unpaired) electrons. The first kappa shape index (κ1) is 29.5. The summed E-state index contributed by atoms with van der Waals surface area (Å²) in [6.45, 7) is 8.86. The molecule has 0 bridgehead atoms. The number of aryl methyl sites for hydroxylation is 2. The predicted molar refractivity (Wildman–Crippen MR) is 140 cm³/mol. The number of ether oxygens (including phenoxy) is 2. The minimum absolute atomic E-state index is 0.148. The van der Waals surface area contributed by atoms with Gasteiger partial charge < -0.3 is 25.0 Å². The van der Waals surface area contributed by atoms with E-state index in [-0.39, 0.29) is 18.5 Å². The molecule has 1 aromatic carbocycles. The molecule has 0 aromatic heterocycles. The Morgan fingerprint density at radius 1 is 1.14 bits per heavy atom. The summed E-state index contributed by atoms with van der Waals surface area (Å²) in [6, 6.07) is 3.64. The van der Waals surface area contributed by atoms with Crippen molar-refractivity contribution in [2.75, 3.05) is 25.7 Å². The maximum Gasteiger partial charge on any atom is 0.408 e. The summed E-state index contributed by atoms with van der Waals surface area (Å²) in [5.74, 6) is -0.789. The highest BCUT2D eigenvalue weighted by Gasteiger charge is 2.44. The van der Waals surface area contributed by atoms with Crippen LogP contribution in [-0.4, -0.2) is 72.1 Å². The highest BCUT2D eigenvalue weighted by Crippen LogP contribution is 2.36. The first-order chi connectivity index (χ1) is 16.9. The number of amides is 3. The molecule has 1 saturated carbocycles. The van der Waals surface area contributed by atoms with Gasteiger partial charge in [-0.05, 0) is 82.6 Å². The lowest BCUT2D eigenvalue weighted by molar-refractivity contribution is -0.145. The number of alkyl carbamates (subject to hydrolysis) is 1. The number of methoxy groups -OCH3 is 1. The monoisotopic (exact) mass is 521 g/mol. The quantitative estimate of drug-likeness (QED) is 0.430. The number of esters is 1. The number of thioether (sulfide) groups is 1. The van der Waals surface area contributed by atoms with Gasteiger partial charge in [-0.3, -0.25) is 14.4 Å². The topological polar surface area (TPSA) is 114 Å².